The fourth-order valence-corrected chi connectivity index (χ4v) is 3.85. The molecule has 1 rings (SSSR count). The van der Waals surface area contributed by atoms with Gasteiger partial charge in [0.1, 0.15) is 0 Å². The van der Waals surface area contributed by atoms with E-state index in [0.29, 0.717) is 6.42 Å². The van der Waals surface area contributed by atoms with Gasteiger partial charge in [-0.15, -0.1) is 0 Å². The number of aliphatic hydroxyl groups is 4. The maximum Gasteiger partial charge on any atom is 0.0599 e. The van der Waals surface area contributed by atoms with E-state index in [0.717, 1.165) is 64.2 Å². The zero-order valence-corrected chi connectivity index (χ0v) is 16.5. The molecule has 0 amide bonds. The summed E-state index contributed by atoms with van der Waals surface area (Å²) < 4.78 is 0. The second-order valence-electron chi connectivity index (χ2n) is 7.67. The number of hydrogen-bond donors (Lipinski definition) is 4. The Bertz CT molecular complexity index is 394. The molecule has 0 saturated heterocycles. The van der Waals surface area contributed by atoms with Crippen LogP contribution < -0.4 is 0 Å². The maximum absolute atomic E-state index is 10.3. The van der Waals surface area contributed by atoms with E-state index >= 15 is 0 Å². The van der Waals surface area contributed by atoms with Gasteiger partial charge in [0.2, 0.25) is 0 Å². The fraction of sp³-hybridized carbons (Fsp3) is 0.818. The lowest BCUT2D eigenvalue weighted by Gasteiger charge is -2.22. The van der Waals surface area contributed by atoms with E-state index in [1.165, 1.54) is 0 Å². The van der Waals surface area contributed by atoms with E-state index in [9.17, 15) is 15.3 Å². The Morgan fingerprint density at radius 1 is 0.885 bits per heavy atom. The third kappa shape index (κ3) is 9.31. The van der Waals surface area contributed by atoms with Crippen LogP contribution in [0.15, 0.2) is 24.3 Å². The molecule has 0 aromatic rings. The number of hydrogen-bond acceptors (Lipinski definition) is 4. The van der Waals surface area contributed by atoms with Gasteiger partial charge < -0.3 is 20.4 Å². The zero-order valence-electron chi connectivity index (χ0n) is 16.5. The smallest absolute Gasteiger partial charge is 0.0599 e. The lowest BCUT2D eigenvalue weighted by Crippen LogP contribution is -2.21. The van der Waals surface area contributed by atoms with Crippen LogP contribution in [0.5, 0.6) is 0 Å². The molecule has 0 heterocycles. The largest absolute Gasteiger partial charge is 0.396 e. The molecule has 0 bridgehead atoms. The fourth-order valence-electron chi connectivity index (χ4n) is 3.85. The molecule has 26 heavy (non-hydrogen) atoms. The first kappa shape index (κ1) is 23.4. The summed E-state index contributed by atoms with van der Waals surface area (Å²) in [7, 11) is 0. The minimum absolute atomic E-state index is 0.155. The van der Waals surface area contributed by atoms with E-state index in [2.05, 4.69) is 24.3 Å². The van der Waals surface area contributed by atoms with Crippen LogP contribution in [-0.4, -0.2) is 45.3 Å². The first-order valence-corrected chi connectivity index (χ1v) is 10.5. The summed E-state index contributed by atoms with van der Waals surface area (Å²) in [5.41, 5.74) is 0. The minimum Gasteiger partial charge on any atom is -0.396 e. The predicted molar refractivity (Wildman–Crippen MR) is 107 cm³/mol. The van der Waals surface area contributed by atoms with Gasteiger partial charge in [0.25, 0.3) is 0 Å². The van der Waals surface area contributed by atoms with Crippen LogP contribution in [0.2, 0.25) is 0 Å². The Kier molecular flexibility index (Phi) is 12.9. The molecule has 1 fully saturated rings. The summed E-state index contributed by atoms with van der Waals surface area (Å²) in [6.07, 6.45) is 17.3. The van der Waals surface area contributed by atoms with Crippen LogP contribution in [0.1, 0.15) is 77.6 Å². The van der Waals surface area contributed by atoms with Crippen molar-refractivity contribution in [2.45, 2.75) is 95.9 Å². The van der Waals surface area contributed by atoms with Crippen molar-refractivity contribution in [1.29, 1.82) is 0 Å². The van der Waals surface area contributed by atoms with Gasteiger partial charge in [-0.05, 0) is 82.5 Å². The minimum atomic E-state index is -0.400. The van der Waals surface area contributed by atoms with Crippen LogP contribution in [0.4, 0.5) is 0 Å². The maximum atomic E-state index is 10.3. The van der Waals surface area contributed by atoms with Crippen molar-refractivity contribution < 1.29 is 20.4 Å². The molecular weight excluding hydrogens is 328 g/mol. The first-order chi connectivity index (χ1) is 12.6. The molecule has 4 N–H and O–H groups in total. The number of unbranched alkanes of at least 4 members (excludes halogenated alkanes) is 3. The molecule has 0 spiro atoms. The molecule has 0 aromatic heterocycles. The molecule has 3 unspecified atom stereocenters. The number of rotatable bonds is 14. The van der Waals surface area contributed by atoms with Gasteiger partial charge in [0, 0.05) is 6.61 Å². The van der Waals surface area contributed by atoms with Crippen molar-refractivity contribution in [1.82, 2.24) is 0 Å². The van der Waals surface area contributed by atoms with E-state index in [4.69, 9.17) is 5.11 Å². The Morgan fingerprint density at radius 2 is 1.54 bits per heavy atom. The van der Waals surface area contributed by atoms with Crippen molar-refractivity contribution in [3.8, 4) is 0 Å². The average Bonchev–Trinajstić information content (AvgIpc) is 2.90. The highest BCUT2D eigenvalue weighted by molar-refractivity contribution is 4.96. The quantitative estimate of drug-likeness (QED) is 0.278. The van der Waals surface area contributed by atoms with Crippen LogP contribution in [0, 0.1) is 11.8 Å². The van der Waals surface area contributed by atoms with E-state index < -0.39 is 6.10 Å². The van der Waals surface area contributed by atoms with Gasteiger partial charge in [0.05, 0.1) is 18.3 Å². The number of allylic oxidation sites excluding steroid dienone is 4. The van der Waals surface area contributed by atoms with Gasteiger partial charge in [-0.25, -0.2) is 0 Å². The summed E-state index contributed by atoms with van der Waals surface area (Å²) in [6.45, 7) is 2.24. The Labute approximate surface area is 159 Å². The summed E-state index contributed by atoms with van der Waals surface area (Å²) in [5, 5.41) is 38.8. The Balaban J connectivity index is 2.27. The third-order valence-electron chi connectivity index (χ3n) is 5.59. The van der Waals surface area contributed by atoms with Crippen molar-refractivity contribution in [2.75, 3.05) is 6.61 Å². The highest BCUT2D eigenvalue weighted by Gasteiger charge is 2.40. The van der Waals surface area contributed by atoms with Gasteiger partial charge in [-0.1, -0.05) is 31.2 Å². The van der Waals surface area contributed by atoms with Gasteiger partial charge >= 0.3 is 0 Å². The average molecular weight is 369 g/mol. The van der Waals surface area contributed by atoms with Gasteiger partial charge in [0.15, 0.2) is 0 Å². The van der Waals surface area contributed by atoms with E-state index in [1.54, 1.807) is 0 Å². The summed E-state index contributed by atoms with van der Waals surface area (Å²) in [5.74, 6) is 0.338. The van der Waals surface area contributed by atoms with E-state index in [1.807, 2.05) is 6.92 Å². The molecule has 0 aliphatic heterocycles. The number of aliphatic hydroxyl groups excluding tert-OH is 4. The Hall–Kier alpha value is -0.680. The van der Waals surface area contributed by atoms with Crippen molar-refractivity contribution in [3.63, 3.8) is 0 Å². The molecule has 4 heteroatoms. The lowest BCUT2D eigenvalue weighted by molar-refractivity contribution is 0.109. The first-order valence-electron chi connectivity index (χ1n) is 10.5. The molecule has 1 aliphatic rings. The van der Waals surface area contributed by atoms with Crippen LogP contribution in [0.3, 0.4) is 0 Å². The summed E-state index contributed by atoms with van der Waals surface area (Å²) in [4.78, 5) is 0. The van der Waals surface area contributed by atoms with Crippen molar-refractivity contribution in [3.05, 3.63) is 24.3 Å². The molecule has 4 nitrogen and oxygen atoms in total. The monoisotopic (exact) mass is 368 g/mol. The summed E-state index contributed by atoms with van der Waals surface area (Å²) >= 11 is 0. The van der Waals surface area contributed by atoms with Crippen LogP contribution in [0.25, 0.3) is 0 Å². The standard InChI is InChI=1S/C22H40O4/c1-2-18(24)13-9-5-3-6-10-14-19-20(22(26)17-21(19)25)15-11-7-4-8-12-16-23/h3,5,7,11,18-26H,2,4,6,8-10,12-17H2,1H3/b5-3+,11-7-/t18?,19?,20?,21-,22+/m0/s1. The van der Waals surface area contributed by atoms with Crippen LogP contribution in [-0.2, 0) is 0 Å². The Morgan fingerprint density at radius 3 is 2.27 bits per heavy atom. The second kappa shape index (κ2) is 14.4. The molecular formula is C22H40O4. The lowest BCUT2D eigenvalue weighted by atomic mass is 9.86. The molecule has 1 saturated carbocycles. The zero-order chi connectivity index (χ0) is 19.2. The SMILES string of the molecule is CCC(O)CC/C=C/CCCC1C(C/C=C\CCCCO)[C@H](O)C[C@@H]1O. The highest BCUT2D eigenvalue weighted by atomic mass is 16.3. The molecule has 152 valence electrons. The van der Waals surface area contributed by atoms with Crippen molar-refractivity contribution in [2.24, 2.45) is 11.8 Å². The normalized spacial score (nSPS) is 27.7. The van der Waals surface area contributed by atoms with Crippen LogP contribution >= 0.6 is 0 Å². The van der Waals surface area contributed by atoms with E-state index in [-0.39, 0.29) is 30.7 Å². The predicted octanol–water partition coefficient (Wildman–Crippen LogP) is 3.73. The third-order valence-corrected chi connectivity index (χ3v) is 5.59. The molecule has 1 aliphatic carbocycles. The summed E-state index contributed by atoms with van der Waals surface area (Å²) in [6, 6.07) is 0. The highest BCUT2D eigenvalue weighted by Crippen LogP contribution is 2.38. The molecule has 5 atom stereocenters. The van der Waals surface area contributed by atoms with Gasteiger partial charge in [-0.3, -0.25) is 0 Å². The topological polar surface area (TPSA) is 80.9 Å². The van der Waals surface area contributed by atoms with Crippen molar-refractivity contribution >= 4 is 0 Å². The molecule has 0 aromatic carbocycles. The molecule has 0 radical (unpaired) electrons. The second-order valence-corrected chi connectivity index (χ2v) is 7.67. The van der Waals surface area contributed by atoms with Gasteiger partial charge in [-0.2, -0.15) is 0 Å².